The van der Waals surface area contributed by atoms with Gasteiger partial charge in [-0.3, -0.25) is 9.59 Å². The van der Waals surface area contributed by atoms with Gasteiger partial charge in [0.05, 0.1) is 38.4 Å². The lowest BCUT2D eigenvalue weighted by Gasteiger charge is -2.11. The van der Waals surface area contributed by atoms with Crippen molar-refractivity contribution in [3.05, 3.63) is 117 Å². The first-order valence-electron chi connectivity index (χ1n) is 12.5. The average Bonchev–Trinajstić information content (AvgIpc) is 2.97. The highest BCUT2D eigenvalue weighted by atomic mass is 35.5. The first-order valence-corrected chi connectivity index (χ1v) is 13.8. The summed E-state index contributed by atoms with van der Waals surface area (Å²) in [4.78, 5) is 30.1. The molecule has 2 heterocycles. The Morgan fingerprint density at radius 1 is 0.733 bits per heavy atom. The normalized spacial score (nSPS) is 11.0. The molecule has 0 amide bonds. The summed E-state index contributed by atoms with van der Waals surface area (Å²) in [6.07, 6.45) is -8.88. The second-order valence-electron chi connectivity index (χ2n) is 8.87. The smallest absolute Gasteiger partial charge is 0.416 e. The molecule has 4 aromatic rings. The third-order valence-corrected chi connectivity index (χ3v) is 6.25. The average molecular weight is 696 g/mol. The van der Waals surface area contributed by atoms with Crippen LogP contribution in [-0.4, -0.2) is 26.6 Å². The van der Waals surface area contributed by atoms with Crippen LogP contribution in [0.5, 0.6) is 11.5 Å². The lowest BCUT2D eigenvalue weighted by molar-refractivity contribution is -0.138. The maximum atomic E-state index is 12.5. The molecule has 0 radical (unpaired) electrons. The number of phenolic OH excluding ortho intramolecular Hbond substituents is 1. The molecule has 0 saturated carbocycles. The molecular formula is C30H23Cl3F6N2O4. The van der Waals surface area contributed by atoms with Gasteiger partial charge in [0.1, 0.15) is 29.5 Å². The highest BCUT2D eigenvalue weighted by Gasteiger charge is 2.31. The second kappa shape index (κ2) is 16.4. The van der Waals surface area contributed by atoms with Gasteiger partial charge in [0.25, 0.3) is 0 Å². The summed E-state index contributed by atoms with van der Waals surface area (Å²) in [5.41, 5.74) is 0.262. The minimum atomic E-state index is -4.46. The van der Waals surface area contributed by atoms with E-state index in [1.54, 1.807) is 36.4 Å². The molecule has 0 saturated heterocycles. The Bertz CT molecular complexity index is 1630. The molecule has 0 aliphatic rings. The van der Waals surface area contributed by atoms with Crippen molar-refractivity contribution in [2.75, 3.05) is 0 Å². The van der Waals surface area contributed by atoms with E-state index in [4.69, 9.17) is 44.6 Å². The van der Waals surface area contributed by atoms with Gasteiger partial charge in [-0.15, -0.1) is 11.6 Å². The van der Waals surface area contributed by atoms with Crippen molar-refractivity contribution in [3.63, 3.8) is 0 Å². The Kier molecular flexibility index (Phi) is 13.6. The molecule has 45 heavy (non-hydrogen) atoms. The van der Waals surface area contributed by atoms with E-state index < -0.39 is 23.5 Å². The standard InChI is InChI=1S/C15H11ClF3NO2.C8H8ClNO.C7H4ClF3O/c1-9(21)13-4-2-3-11(20-13)8-22-14-6-5-10(7-12(14)16)15(17,18)19;1-6(11)8-4-2-3-7(5-9)10-8;8-5-3-4(7(9,10)11)1-2-6(5)12/h2-7H,8H2,1H3;2-4H,5H2,1H3;1-3,12H. The number of hydrogen-bond donors (Lipinski definition) is 1. The summed E-state index contributed by atoms with van der Waals surface area (Å²) < 4.78 is 78.8. The van der Waals surface area contributed by atoms with Crippen molar-refractivity contribution in [1.82, 2.24) is 9.97 Å². The number of halogens is 9. The highest BCUT2D eigenvalue weighted by Crippen LogP contribution is 2.35. The van der Waals surface area contributed by atoms with Crippen molar-refractivity contribution in [3.8, 4) is 11.5 Å². The zero-order chi connectivity index (χ0) is 33.9. The first kappa shape index (κ1) is 37.3. The van der Waals surface area contributed by atoms with E-state index in [9.17, 15) is 35.9 Å². The fourth-order valence-corrected chi connectivity index (χ4v) is 3.70. The molecule has 0 aliphatic carbocycles. The Balaban J connectivity index is 0.000000259. The minimum absolute atomic E-state index is 0.00773. The number of hydrogen-bond acceptors (Lipinski definition) is 6. The van der Waals surface area contributed by atoms with Crippen molar-refractivity contribution in [1.29, 1.82) is 0 Å². The van der Waals surface area contributed by atoms with Gasteiger partial charge in [0.2, 0.25) is 0 Å². The summed E-state index contributed by atoms with van der Waals surface area (Å²) >= 11 is 16.6. The number of aromatic nitrogens is 2. The molecule has 240 valence electrons. The Morgan fingerprint density at radius 2 is 1.20 bits per heavy atom. The molecule has 1 N–H and O–H groups in total. The highest BCUT2D eigenvalue weighted by molar-refractivity contribution is 6.32. The van der Waals surface area contributed by atoms with Crippen molar-refractivity contribution in [2.45, 2.75) is 38.7 Å². The van der Waals surface area contributed by atoms with Crippen LogP contribution in [0.2, 0.25) is 10.0 Å². The second-order valence-corrected chi connectivity index (χ2v) is 9.95. The Morgan fingerprint density at radius 3 is 1.64 bits per heavy atom. The zero-order valence-electron chi connectivity index (χ0n) is 23.3. The van der Waals surface area contributed by atoms with Crippen LogP contribution in [0, 0.1) is 0 Å². The number of rotatable bonds is 6. The van der Waals surface area contributed by atoms with Crippen LogP contribution >= 0.6 is 34.8 Å². The molecular weight excluding hydrogens is 673 g/mol. The van der Waals surface area contributed by atoms with Crippen LogP contribution in [0.3, 0.4) is 0 Å². The topological polar surface area (TPSA) is 89.4 Å². The van der Waals surface area contributed by atoms with Crippen LogP contribution in [-0.2, 0) is 24.8 Å². The number of Topliss-reactive ketones (excluding diaryl/α,β-unsaturated/α-hetero) is 2. The van der Waals surface area contributed by atoms with Gasteiger partial charge >= 0.3 is 12.4 Å². The molecule has 0 unspecified atom stereocenters. The third-order valence-electron chi connectivity index (χ3n) is 5.38. The zero-order valence-corrected chi connectivity index (χ0v) is 25.6. The van der Waals surface area contributed by atoms with Gasteiger partial charge in [-0.2, -0.15) is 26.3 Å². The van der Waals surface area contributed by atoms with Crippen LogP contribution in [0.15, 0.2) is 72.8 Å². The Labute approximate surface area is 268 Å². The number of carbonyl (C=O) groups is 2. The molecule has 0 aliphatic heterocycles. The van der Waals surface area contributed by atoms with E-state index in [2.05, 4.69) is 9.97 Å². The summed E-state index contributed by atoms with van der Waals surface area (Å²) in [7, 11) is 0. The number of ether oxygens (including phenoxy) is 1. The summed E-state index contributed by atoms with van der Waals surface area (Å²) in [5.74, 6) is -0.109. The minimum Gasteiger partial charge on any atom is -0.506 e. The van der Waals surface area contributed by atoms with Gasteiger partial charge in [-0.05, 0) is 60.7 Å². The van der Waals surface area contributed by atoms with Crippen molar-refractivity contribution >= 4 is 46.4 Å². The number of phenols is 1. The van der Waals surface area contributed by atoms with Gasteiger partial charge in [0.15, 0.2) is 11.6 Å². The maximum Gasteiger partial charge on any atom is 0.416 e. The quantitative estimate of drug-likeness (QED) is 0.123. The van der Waals surface area contributed by atoms with Gasteiger partial charge in [0, 0.05) is 13.8 Å². The molecule has 4 rings (SSSR count). The van der Waals surface area contributed by atoms with Crippen LogP contribution in [0.4, 0.5) is 26.3 Å². The maximum absolute atomic E-state index is 12.5. The lowest BCUT2D eigenvalue weighted by Crippen LogP contribution is -2.06. The first-order chi connectivity index (χ1) is 20.9. The molecule has 2 aromatic heterocycles. The van der Waals surface area contributed by atoms with Crippen LogP contribution in [0.1, 0.15) is 57.3 Å². The number of pyridine rings is 2. The number of benzene rings is 2. The fourth-order valence-electron chi connectivity index (χ4n) is 3.14. The van der Waals surface area contributed by atoms with E-state index >= 15 is 0 Å². The number of ketones is 2. The summed E-state index contributed by atoms with van der Waals surface area (Å²) in [6.45, 7) is 2.87. The molecule has 6 nitrogen and oxygen atoms in total. The number of alkyl halides is 7. The van der Waals surface area contributed by atoms with Crippen molar-refractivity contribution < 1.29 is 45.8 Å². The third kappa shape index (κ3) is 12.2. The molecule has 2 aromatic carbocycles. The van der Waals surface area contributed by atoms with E-state index in [0.29, 0.717) is 29.0 Å². The van der Waals surface area contributed by atoms with E-state index in [0.717, 1.165) is 36.0 Å². The monoisotopic (exact) mass is 694 g/mol. The molecule has 0 atom stereocenters. The lowest BCUT2D eigenvalue weighted by atomic mass is 10.2. The fraction of sp³-hybridized carbons (Fsp3) is 0.200. The van der Waals surface area contributed by atoms with E-state index in [1.807, 2.05) is 0 Å². The van der Waals surface area contributed by atoms with Crippen LogP contribution < -0.4 is 4.74 Å². The number of aromatic hydroxyl groups is 1. The van der Waals surface area contributed by atoms with Gasteiger partial charge < -0.3 is 9.84 Å². The predicted octanol–water partition coefficient (Wildman–Crippen LogP) is 9.62. The number of carbonyl (C=O) groups excluding carboxylic acids is 2. The Hall–Kier alpha value is -3.87. The molecule has 0 fully saturated rings. The largest absolute Gasteiger partial charge is 0.506 e. The SMILES string of the molecule is CC(=O)c1cccc(CCl)n1.CC(=O)c1cccc(COc2ccc(C(F)(F)F)cc2Cl)n1.Oc1ccc(C(F)(F)F)cc1Cl. The van der Waals surface area contributed by atoms with Gasteiger partial charge in [-0.1, -0.05) is 35.3 Å². The number of nitrogens with zero attached hydrogens (tertiary/aromatic N) is 2. The molecule has 0 bridgehead atoms. The summed E-state index contributed by atoms with van der Waals surface area (Å²) in [6, 6.07) is 15.3. The van der Waals surface area contributed by atoms with Gasteiger partial charge in [-0.25, -0.2) is 9.97 Å². The van der Waals surface area contributed by atoms with E-state index in [-0.39, 0.29) is 39.7 Å². The molecule has 15 heteroatoms. The molecule has 0 spiro atoms. The van der Waals surface area contributed by atoms with Crippen molar-refractivity contribution in [2.24, 2.45) is 0 Å². The van der Waals surface area contributed by atoms with E-state index in [1.165, 1.54) is 13.8 Å². The predicted molar refractivity (Wildman–Crippen MR) is 157 cm³/mol. The van der Waals surface area contributed by atoms with Crippen LogP contribution in [0.25, 0.3) is 0 Å². The summed E-state index contributed by atoms with van der Waals surface area (Å²) in [5, 5.41) is 8.37.